The number of fused-ring (bicyclic) bond motifs is 4. The lowest BCUT2D eigenvalue weighted by atomic mass is 9.94. The van der Waals surface area contributed by atoms with E-state index in [1.54, 1.807) is 0 Å². The number of benzene rings is 6. The molecule has 0 spiro atoms. The maximum atomic E-state index is 2.64. The van der Waals surface area contributed by atoms with Gasteiger partial charge in [-0.1, -0.05) is 120 Å². The minimum Gasteiger partial charge on any atom is -0.340 e. The fourth-order valence-electron chi connectivity index (χ4n) is 10.2. The molecule has 4 aliphatic rings. The Labute approximate surface area is 316 Å². The number of hydrogen-bond donors (Lipinski definition) is 0. The molecule has 6 aromatic carbocycles. The zero-order valence-electron chi connectivity index (χ0n) is 30.9. The van der Waals surface area contributed by atoms with E-state index in [0.29, 0.717) is 6.04 Å². The van der Waals surface area contributed by atoms with E-state index in [1.807, 2.05) is 0 Å². The Morgan fingerprint density at radius 3 is 1.60 bits per heavy atom. The van der Waals surface area contributed by atoms with Crippen molar-refractivity contribution in [2.75, 3.05) is 16.3 Å². The topological polar surface area (TPSA) is 6.48 Å². The van der Waals surface area contributed by atoms with Gasteiger partial charge in [0.15, 0.2) is 0 Å². The van der Waals surface area contributed by atoms with E-state index >= 15 is 0 Å². The van der Waals surface area contributed by atoms with Crippen LogP contribution in [-0.2, 0) is 12.8 Å². The highest BCUT2D eigenvalue weighted by Gasteiger charge is 2.50. The van der Waals surface area contributed by atoms with Crippen molar-refractivity contribution in [1.82, 2.24) is 0 Å². The van der Waals surface area contributed by atoms with Gasteiger partial charge in [-0.25, -0.2) is 0 Å². The van der Waals surface area contributed by atoms with E-state index in [4.69, 9.17) is 0 Å². The normalized spacial score (nSPS) is 20.3. The third-order valence-electron chi connectivity index (χ3n) is 12.3. The van der Waals surface area contributed by atoms with Gasteiger partial charge in [0.05, 0.1) is 0 Å². The molecule has 0 saturated heterocycles. The van der Waals surface area contributed by atoms with E-state index in [2.05, 4.69) is 188 Å². The van der Waals surface area contributed by atoms with Gasteiger partial charge in [0, 0.05) is 57.0 Å². The third kappa shape index (κ3) is 4.86. The Morgan fingerprint density at radius 1 is 0.491 bits per heavy atom. The lowest BCUT2D eigenvalue weighted by Crippen LogP contribution is -2.33. The fourth-order valence-corrected chi connectivity index (χ4v) is 15.6. The summed E-state index contributed by atoms with van der Waals surface area (Å²) in [5.41, 5.74) is 16.9. The number of hydrogen-bond acceptors (Lipinski definition) is 2. The van der Waals surface area contributed by atoms with Gasteiger partial charge < -0.3 is 9.80 Å². The first-order chi connectivity index (χ1) is 26.1. The smallest absolute Gasteiger partial charge is 0.0490 e. The molecule has 0 N–H and O–H groups in total. The van der Waals surface area contributed by atoms with Crippen LogP contribution in [0.5, 0.6) is 0 Å². The molecule has 2 heterocycles. The predicted molar refractivity (Wildman–Crippen MR) is 226 cm³/mol. The summed E-state index contributed by atoms with van der Waals surface area (Å²) in [4.78, 5) is 8.10. The standard InChI is InChI=1S/C50H46N2S/c1-34-32-43-41(22-14-26-47(43)51-31-30-38-17-10-12-24-45(38)51)49(34)53(39-18-6-4-7-19-39,40-20-8-5-9-21-40)50-35(2)33-44-42(50)23-15-27-48(44)52-36(3)28-29-37-16-11-13-25-46(37)52/h4-27,32-33,36,49-50H,28-31H2,1-3H3/t36?,49-,50?/m0/s1. The van der Waals surface area contributed by atoms with Crippen molar-refractivity contribution in [3.8, 4) is 0 Å². The first-order valence-corrected chi connectivity index (χ1v) is 21.1. The number of aryl methyl sites for hydroxylation is 1. The first-order valence-electron chi connectivity index (χ1n) is 19.3. The van der Waals surface area contributed by atoms with Crippen LogP contribution in [0.4, 0.5) is 22.7 Å². The molecule has 2 aliphatic heterocycles. The van der Waals surface area contributed by atoms with Crippen LogP contribution >= 0.6 is 10.0 Å². The predicted octanol–water partition coefficient (Wildman–Crippen LogP) is 13.4. The molecular formula is C50H46N2S. The average Bonchev–Trinajstić information content (AvgIpc) is 3.89. The zero-order chi connectivity index (χ0) is 35.7. The maximum absolute atomic E-state index is 2.64. The van der Waals surface area contributed by atoms with Crippen LogP contribution in [0.25, 0.3) is 12.2 Å². The van der Waals surface area contributed by atoms with Crippen LogP contribution in [0, 0.1) is 0 Å². The van der Waals surface area contributed by atoms with Crippen LogP contribution in [0.1, 0.15) is 71.1 Å². The molecule has 3 heteroatoms. The van der Waals surface area contributed by atoms with E-state index in [-0.39, 0.29) is 10.5 Å². The summed E-state index contributed by atoms with van der Waals surface area (Å²) >= 11 is 0. The van der Waals surface area contributed by atoms with Crippen molar-refractivity contribution in [3.63, 3.8) is 0 Å². The fraction of sp³-hybridized carbons (Fsp3) is 0.200. The highest BCUT2D eigenvalue weighted by Crippen LogP contribution is 2.84. The molecule has 3 atom stereocenters. The maximum Gasteiger partial charge on any atom is 0.0490 e. The van der Waals surface area contributed by atoms with Gasteiger partial charge in [0.25, 0.3) is 0 Å². The molecule has 0 aromatic heterocycles. The van der Waals surface area contributed by atoms with Crippen LogP contribution in [-0.4, -0.2) is 12.6 Å². The van der Waals surface area contributed by atoms with Crippen molar-refractivity contribution in [2.24, 2.45) is 0 Å². The Bertz CT molecular complexity index is 2390. The quantitative estimate of drug-likeness (QED) is 0.170. The summed E-state index contributed by atoms with van der Waals surface area (Å²) in [7, 11) is -1.83. The Kier molecular flexibility index (Phi) is 7.77. The average molecular weight is 707 g/mol. The van der Waals surface area contributed by atoms with Crippen molar-refractivity contribution in [2.45, 2.75) is 66.4 Å². The SMILES string of the molecule is CC1=Cc2c(cccc2N2c3ccccc3CCC2C)C1S(c1ccccc1)(c1ccccc1)[C@H]1C(C)=Cc2c1cccc2N1CCc2ccccc21. The summed E-state index contributed by atoms with van der Waals surface area (Å²) in [6.45, 7) is 8.25. The van der Waals surface area contributed by atoms with Crippen molar-refractivity contribution in [1.29, 1.82) is 0 Å². The largest absolute Gasteiger partial charge is 0.340 e. The van der Waals surface area contributed by atoms with Gasteiger partial charge >= 0.3 is 0 Å². The van der Waals surface area contributed by atoms with E-state index < -0.39 is 10.0 Å². The second-order valence-corrected chi connectivity index (χ2v) is 18.7. The molecule has 2 aliphatic carbocycles. The summed E-state index contributed by atoms with van der Waals surface area (Å²) in [6, 6.07) is 55.9. The van der Waals surface area contributed by atoms with Gasteiger partial charge in [0.2, 0.25) is 0 Å². The Morgan fingerprint density at radius 2 is 0.981 bits per heavy atom. The molecule has 0 saturated carbocycles. The number of anilines is 4. The van der Waals surface area contributed by atoms with Gasteiger partial charge in [-0.2, -0.15) is 10.0 Å². The van der Waals surface area contributed by atoms with Gasteiger partial charge in [0.1, 0.15) is 0 Å². The summed E-state index contributed by atoms with van der Waals surface area (Å²) in [6.07, 6.45) is 8.47. The minimum absolute atomic E-state index is 0.202. The van der Waals surface area contributed by atoms with Gasteiger partial charge in [-0.05, 0) is 121 Å². The highest BCUT2D eigenvalue weighted by atomic mass is 32.3. The molecular weight excluding hydrogens is 661 g/mol. The Balaban J connectivity index is 1.22. The Hall–Kier alpha value is -5.25. The molecule has 0 fully saturated rings. The lowest BCUT2D eigenvalue weighted by molar-refractivity contribution is 0.618. The van der Waals surface area contributed by atoms with Crippen LogP contribution in [0.15, 0.2) is 167 Å². The van der Waals surface area contributed by atoms with Crippen LogP contribution < -0.4 is 9.80 Å². The number of nitrogens with zero attached hydrogens (tertiary/aromatic N) is 2. The summed E-state index contributed by atoms with van der Waals surface area (Å²) in [5.74, 6) is 0. The minimum atomic E-state index is -1.83. The van der Waals surface area contributed by atoms with Crippen molar-refractivity contribution < 1.29 is 0 Å². The zero-order valence-corrected chi connectivity index (χ0v) is 31.7. The van der Waals surface area contributed by atoms with Crippen molar-refractivity contribution >= 4 is 44.9 Å². The number of para-hydroxylation sites is 2. The molecule has 0 radical (unpaired) electrons. The summed E-state index contributed by atoms with van der Waals surface area (Å²) in [5, 5.41) is 0.408. The molecule has 2 unspecified atom stereocenters. The second kappa shape index (κ2) is 12.7. The lowest BCUT2D eigenvalue weighted by Gasteiger charge is -2.52. The molecule has 0 bridgehead atoms. The molecule has 10 rings (SSSR count). The molecule has 2 nitrogen and oxygen atoms in total. The summed E-state index contributed by atoms with van der Waals surface area (Å²) < 4.78 is 0. The highest BCUT2D eigenvalue weighted by molar-refractivity contribution is 8.34. The van der Waals surface area contributed by atoms with Gasteiger partial charge in [-0.15, -0.1) is 0 Å². The monoisotopic (exact) mass is 706 g/mol. The third-order valence-corrected chi connectivity index (χ3v) is 17.2. The second-order valence-electron chi connectivity index (χ2n) is 15.3. The first kappa shape index (κ1) is 32.4. The molecule has 262 valence electrons. The van der Waals surface area contributed by atoms with E-state index in [1.165, 1.54) is 77.1 Å². The number of rotatable bonds is 6. The van der Waals surface area contributed by atoms with Gasteiger partial charge in [-0.3, -0.25) is 0 Å². The molecule has 0 amide bonds. The van der Waals surface area contributed by atoms with Crippen LogP contribution in [0.2, 0.25) is 0 Å². The van der Waals surface area contributed by atoms with E-state index in [9.17, 15) is 0 Å². The van der Waals surface area contributed by atoms with Crippen LogP contribution in [0.3, 0.4) is 0 Å². The van der Waals surface area contributed by atoms with E-state index in [0.717, 1.165) is 25.8 Å². The van der Waals surface area contributed by atoms with Crippen molar-refractivity contribution in [3.05, 3.63) is 190 Å². The molecule has 53 heavy (non-hydrogen) atoms. The molecule has 6 aromatic rings.